The highest BCUT2D eigenvalue weighted by Gasteiger charge is 2.23. The van der Waals surface area contributed by atoms with E-state index in [0.717, 1.165) is 5.56 Å². The van der Waals surface area contributed by atoms with Crippen LogP contribution >= 0.6 is 0 Å². The molecule has 0 saturated carbocycles. The Balaban J connectivity index is 1.90. The maximum Gasteiger partial charge on any atom is 0.259 e. The van der Waals surface area contributed by atoms with Crippen LogP contribution in [0.15, 0.2) is 57.1 Å². The fourth-order valence-corrected chi connectivity index (χ4v) is 4.22. The van der Waals surface area contributed by atoms with E-state index in [1.54, 1.807) is 50.1 Å². The molecule has 0 radical (unpaired) electrons. The van der Waals surface area contributed by atoms with Crippen LogP contribution < -0.4 is 15.3 Å². The van der Waals surface area contributed by atoms with Gasteiger partial charge in [-0.1, -0.05) is 0 Å². The molecule has 10 heteroatoms. The molecule has 3 heterocycles. The Morgan fingerprint density at radius 1 is 1.25 bits per heavy atom. The summed E-state index contributed by atoms with van der Waals surface area (Å²) in [7, 11) is -2.31. The van der Waals surface area contributed by atoms with Crippen molar-refractivity contribution in [3.8, 4) is 17.1 Å². The number of ether oxygens (including phenoxy) is 1. The summed E-state index contributed by atoms with van der Waals surface area (Å²) in [6, 6.07) is 6.63. The summed E-state index contributed by atoms with van der Waals surface area (Å²) in [6.45, 7) is 5.31. The predicted octanol–water partition coefficient (Wildman–Crippen LogP) is 2.99. The number of aryl methyl sites for hydroxylation is 2. The first-order chi connectivity index (χ1) is 15.1. The number of aromatic nitrogens is 3. The molecule has 0 saturated heterocycles. The molecule has 2 N–H and O–H groups in total. The van der Waals surface area contributed by atoms with Crippen LogP contribution in [0.5, 0.6) is 5.75 Å². The topological polar surface area (TPSA) is 130 Å². The predicted molar refractivity (Wildman–Crippen MR) is 119 cm³/mol. The van der Waals surface area contributed by atoms with E-state index in [0.29, 0.717) is 33.4 Å². The standard InChI is InChI=1S/C22H22N4O5S/c1-12-8-16(14(3)30-18-6-5-7-24-22(18)32(23,28)29)21-17(9-12)19(27)13(2)20(31-21)15-10-25-26(4)11-15/h5-11,14H,1-4H3,(H2,23,28,29). The molecule has 0 aliphatic carbocycles. The minimum Gasteiger partial charge on any atom is -0.483 e. The van der Waals surface area contributed by atoms with Gasteiger partial charge in [-0.3, -0.25) is 9.48 Å². The Hall–Kier alpha value is -3.50. The van der Waals surface area contributed by atoms with Crippen LogP contribution in [0.1, 0.15) is 29.7 Å². The van der Waals surface area contributed by atoms with Gasteiger partial charge in [-0.05, 0) is 50.6 Å². The van der Waals surface area contributed by atoms with Crippen LogP contribution in [-0.4, -0.2) is 23.2 Å². The van der Waals surface area contributed by atoms with E-state index in [1.165, 1.54) is 12.3 Å². The zero-order valence-electron chi connectivity index (χ0n) is 18.0. The zero-order valence-corrected chi connectivity index (χ0v) is 18.8. The molecule has 0 aliphatic heterocycles. The third-order valence-electron chi connectivity index (χ3n) is 5.11. The molecule has 166 valence electrons. The normalized spacial score (nSPS) is 12.8. The average molecular weight is 455 g/mol. The molecule has 0 amide bonds. The fraction of sp³-hybridized carbons (Fsp3) is 0.227. The molecule has 1 aromatic carbocycles. The number of nitrogens with zero attached hydrogens (tertiary/aromatic N) is 3. The lowest BCUT2D eigenvalue weighted by Crippen LogP contribution is -2.17. The fourth-order valence-electron chi connectivity index (χ4n) is 3.62. The first-order valence-electron chi connectivity index (χ1n) is 9.77. The van der Waals surface area contributed by atoms with Crippen molar-refractivity contribution in [1.29, 1.82) is 0 Å². The van der Waals surface area contributed by atoms with E-state index < -0.39 is 16.1 Å². The van der Waals surface area contributed by atoms with Crippen molar-refractivity contribution in [1.82, 2.24) is 14.8 Å². The maximum absolute atomic E-state index is 13.2. The van der Waals surface area contributed by atoms with E-state index in [1.807, 2.05) is 13.0 Å². The van der Waals surface area contributed by atoms with E-state index >= 15 is 0 Å². The van der Waals surface area contributed by atoms with Crippen LogP contribution in [0.25, 0.3) is 22.3 Å². The van der Waals surface area contributed by atoms with Crippen molar-refractivity contribution in [2.45, 2.75) is 31.9 Å². The van der Waals surface area contributed by atoms with Gasteiger partial charge in [0.05, 0.1) is 17.1 Å². The summed E-state index contributed by atoms with van der Waals surface area (Å²) in [4.78, 5) is 17.0. The van der Waals surface area contributed by atoms with Gasteiger partial charge >= 0.3 is 0 Å². The number of nitrogens with two attached hydrogens (primary N) is 1. The molecular formula is C22H22N4O5S. The first kappa shape index (κ1) is 21.7. The quantitative estimate of drug-likeness (QED) is 0.490. The number of rotatable bonds is 5. The summed E-state index contributed by atoms with van der Waals surface area (Å²) >= 11 is 0. The van der Waals surface area contributed by atoms with Crippen LogP contribution in [0.4, 0.5) is 0 Å². The lowest BCUT2D eigenvalue weighted by atomic mass is 10.0. The second-order valence-electron chi connectivity index (χ2n) is 7.63. The highest BCUT2D eigenvalue weighted by atomic mass is 32.2. The largest absolute Gasteiger partial charge is 0.483 e. The molecule has 4 rings (SSSR count). The smallest absolute Gasteiger partial charge is 0.259 e. The van der Waals surface area contributed by atoms with Crippen molar-refractivity contribution in [2.24, 2.45) is 12.2 Å². The second kappa shape index (κ2) is 7.88. The molecule has 0 bridgehead atoms. The molecular weight excluding hydrogens is 432 g/mol. The second-order valence-corrected chi connectivity index (χ2v) is 9.11. The lowest BCUT2D eigenvalue weighted by molar-refractivity contribution is 0.219. The van der Waals surface area contributed by atoms with Gasteiger partial charge in [-0.2, -0.15) is 5.10 Å². The highest BCUT2D eigenvalue weighted by Crippen LogP contribution is 2.33. The highest BCUT2D eigenvalue weighted by molar-refractivity contribution is 7.89. The van der Waals surface area contributed by atoms with Crippen molar-refractivity contribution >= 4 is 21.0 Å². The van der Waals surface area contributed by atoms with E-state index in [4.69, 9.17) is 14.3 Å². The number of hydrogen-bond donors (Lipinski definition) is 1. The first-order valence-corrected chi connectivity index (χ1v) is 11.3. The van der Waals surface area contributed by atoms with Crippen LogP contribution in [0, 0.1) is 13.8 Å². The van der Waals surface area contributed by atoms with Gasteiger partial charge in [-0.25, -0.2) is 18.5 Å². The van der Waals surface area contributed by atoms with Gasteiger partial charge in [0.25, 0.3) is 10.0 Å². The maximum atomic E-state index is 13.2. The average Bonchev–Trinajstić information content (AvgIpc) is 3.16. The van der Waals surface area contributed by atoms with E-state index in [9.17, 15) is 13.2 Å². The van der Waals surface area contributed by atoms with Gasteiger partial charge in [0.1, 0.15) is 17.4 Å². The summed E-state index contributed by atoms with van der Waals surface area (Å²) in [6.07, 6.45) is 4.04. The Labute approximate surface area is 184 Å². The Morgan fingerprint density at radius 3 is 2.66 bits per heavy atom. The van der Waals surface area contributed by atoms with Crippen molar-refractivity contribution in [3.05, 3.63) is 69.8 Å². The molecule has 0 fully saturated rings. The Kier molecular flexibility index (Phi) is 5.35. The number of pyridine rings is 1. The Bertz CT molecular complexity index is 1500. The van der Waals surface area contributed by atoms with Crippen LogP contribution in [0.3, 0.4) is 0 Å². The van der Waals surface area contributed by atoms with Crippen molar-refractivity contribution < 1.29 is 17.6 Å². The Morgan fingerprint density at radius 2 is 2.00 bits per heavy atom. The van der Waals surface area contributed by atoms with Crippen molar-refractivity contribution in [3.63, 3.8) is 0 Å². The number of benzene rings is 1. The molecule has 32 heavy (non-hydrogen) atoms. The number of hydrogen-bond acceptors (Lipinski definition) is 7. The molecule has 0 aliphatic rings. The summed E-state index contributed by atoms with van der Waals surface area (Å²) in [5.74, 6) is 0.429. The minimum atomic E-state index is -4.08. The van der Waals surface area contributed by atoms with Gasteiger partial charge in [0.2, 0.25) is 5.03 Å². The molecule has 0 spiro atoms. The summed E-state index contributed by atoms with van der Waals surface area (Å²) < 4.78 is 37.6. The number of fused-ring (bicyclic) bond motifs is 1. The summed E-state index contributed by atoms with van der Waals surface area (Å²) in [5.41, 5.74) is 2.77. The lowest BCUT2D eigenvalue weighted by Gasteiger charge is -2.19. The monoisotopic (exact) mass is 454 g/mol. The van der Waals surface area contributed by atoms with Gasteiger partial charge in [0.15, 0.2) is 11.2 Å². The summed E-state index contributed by atoms with van der Waals surface area (Å²) in [5, 5.41) is 9.48. The van der Waals surface area contributed by atoms with Crippen molar-refractivity contribution in [2.75, 3.05) is 0 Å². The SMILES string of the molecule is Cc1cc(C(C)Oc2cccnc2S(N)(=O)=O)c2oc(-c3cnn(C)c3)c(C)c(=O)c2c1. The number of primary sulfonamides is 1. The van der Waals surface area contributed by atoms with Crippen LogP contribution in [0.2, 0.25) is 0 Å². The minimum absolute atomic E-state index is 0.0131. The molecule has 9 nitrogen and oxygen atoms in total. The van der Waals surface area contributed by atoms with Crippen LogP contribution in [-0.2, 0) is 17.1 Å². The third kappa shape index (κ3) is 3.90. The third-order valence-corrected chi connectivity index (χ3v) is 5.95. The number of sulfonamides is 1. The van der Waals surface area contributed by atoms with Gasteiger partial charge < -0.3 is 9.15 Å². The van der Waals surface area contributed by atoms with Gasteiger partial charge in [-0.15, -0.1) is 0 Å². The molecule has 1 atom stereocenters. The molecule has 4 aromatic rings. The van der Waals surface area contributed by atoms with E-state index in [-0.39, 0.29) is 16.2 Å². The van der Waals surface area contributed by atoms with E-state index in [2.05, 4.69) is 10.1 Å². The van der Waals surface area contributed by atoms with Gasteiger partial charge in [0, 0.05) is 30.6 Å². The molecule has 1 unspecified atom stereocenters. The zero-order chi connectivity index (χ0) is 23.2. The molecule has 3 aromatic heterocycles.